The highest BCUT2D eigenvalue weighted by atomic mass is 16.5. The number of carbonyl (C=O) groups is 3. The number of benzene rings is 2. The van der Waals surface area contributed by atoms with Crippen molar-refractivity contribution < 1.29 is 19.1 Å². The highest BCUT2D eigenvalue weighted by Gasteiger charge is 2.19. The van der Waals surface area contributed by atoms with E-state index in [4.69, 9.17) is 10.5 Å². The SMILES string of the molecule is NC(=O)[C@H](CCCNC(=O)OCc1ccccc1)NC(=O)c1ccc2ncccc2c1. The van der Waals surface area contributed by atoms with Crippen LogP contribution in [0, 0.1) is 0 Å². The summed E-state index contributed by atoms with van der Waals surface area (Å²) in [4.78, 5) is 40.3. The van der Waals surface area contributed by atoms with Crippen LogP contribution >= 0.6 is 0 Å². The third-order valence-corrected chi connectivity index (χ3v) is 4.67. The molecule has 1 atom stereocenters. The first-order chi connectivity index (χ1) is 15.0. The Bertz CT molecular complexity index is 1060. The first-order valence-corrected chi connectivity index (χ1v) is 9.92. The standard InChI is InChI=1S/C23H24N4O4/c24-21(28)20(9-5-13-26-23(30)31-15-16-6-2-1-3-7-16)27-22(29)18-10-11-19-17(14-18)8-4-12-25-19/h1-4,6-8,10-12,14,20H,5,9,13,15H2,(H2,24,28)(H,26,30)(H,27,29)/t20-/m0/s1. The summed E-state index contributed by atoms with van der Waals surface area (Å²) >= 11 is 0. The van der Waals surface area contributed by atoms with Gasteiger partial charge in [0.15, 0.2) is 0 Å². The summed E-state index contributed by atoms with van der Waals surface area (Å²) in [6, 6.07) is 17.2. The fourth-order valence-corrected chi connectivity index (χ4v) is 3.01. The number of nitrogens with one attached hydrogen (secondary N) is 2. The first kappa shape index (κ1) is 21.8. The van der Waals surface area contributed by atoms with Crippen molar-refractivity contribution in [1.29, 1.82) is 0 Å². The summed E-state index contributed by atoms with van der Waals surface area (Å²) in [6.07, 6.45) is 1.86. The topological polar surface area (TPSA) is 123 Å². The van der Waals surface area contributed by atoms with Crippen molar-refractivity contribution in [2.45, 2.75) is 25.5 Å². The quantitative estimate of drug-likeness (QED) is 0.459. The predicted octanol–water partition coefficient (Wildman–Crippen LogP) is 2.53. The van der Waals surface area contributed by atoms with Gasteiger partial charge in [-0.15, -0.1) is 0 Å². The molecule has 0 fully saturated rings. The fourth-order valence-electron chi connectivity index (χ4n) is 3.01. The highest BCUT2D eigenvalue weighted by Crippen LogP contribution is 2.13. The smallest absolute Gasteiger partial charge is 0.407 e. The van der Waals surface area contributed by atoms with Gasteiger partial charge in [0.1, 0.15) is 12.6 Å². The van der Waals surface area contributed by atoms with Gasteiger partial charge in [0, 0.05) is 23.7 Å². The van der Waals surface area contributed by atoms with Gasteiger partial charge in [-0.2, -0.15) is 0 Å². The lowest BCUT2D eigenvalue weighted by Gasteiger charge is -2.16. The molecule has 3 amide bonds. The maximum atomic E-state index is 12.5. The largest absolute Gasteiger partial charge is 0.445 e. The average molecular weight is 420 g/mol. The summed E-state index contributed by atoms with van der Waals surface area (Å²) in [5, 5.41) is 6.10. The van der Waals surface area contributed by atoms with Crippen LogP contribution in [-0.2, 0) is 16.1 Å². The molecule has 2 aromatic carbocycles. The van der Waals surface area contributed by atoms with Gasteiger partial charge in [0.2, 0.25) is 5.91 Å². The van der Waals surface area contributed by atoms with Crippen LogP contribution in [0.1, 0.15) is 28.8 Å². The molecule has 0 unspecified atom stereocenters. The van der Waals surface area contributed by atoms with Crippen molar-refractivity contribution in [1.82, 2.24) is 15.6 Å². The summed E-state index contributed by atoms with van der Waals surface area (Å²) in [5.41, 5.74) is 7.50. The van der Waals surface area contributed by atoms with Crippen LogP contribution in [0.3, 0.4) is 0 Å². The molecule has 0 aliphatic rings. The monoisotopic (exact) mass is 420 g/mol. The Morgan fingerprint density at radius 3 is 2.61 bits per heavy atom. The lowest BCUT2D eigenvalue weighted by Crippen LogP contribution is -2.44. The van der Waals surface area contributed by atoms with Crippen LogP contribution in [0.5, 0.6) is 0 Å². The Morgan fingerprint density at radius 2 is 1.84 bits per heavy atom. The Morgan fingerprint density at radius 1 is 1.03 bits per heavy atom. The van der Waals surface area contributed by atoms with Crippen molar-refractivity contribution in [2.75, 3.05) is 6.54 Å². The van der Waals surface area contributed by atoms with Gasteiger partial charge in [0.05, 0.1) is 5.52 Å². The second kappa shape index (κ2) is 10.7. The number of nitrogens with zero attached hydrogens (tertiary/aromatic N) is 1. The van der Waals surface area contributed by atoms with Crippen LogP contribution in [-0.4, -0.2) is 35.5 Å². The van der Waals surface area contributed by atoms with Crippen LogP contribution in [0.25, 0.3) is 10.9 Å². The van der Waals surface area contributed by atoms with E-state index in [2.05, 4.69) is 15.6 Å². The molecular weight excluding hydrogens is 396 g/mol. The molecule has 160 valence electrons. The fraction of sp³-hybridized carbons (Fsp3) is 0.217. The van der Waals surface area contributed by atoms with Crippen LogP contribution < -0.4 is 16.4 Å². The molecular formula is C23H24N4O4. The molecule has 0 radical (unpaired) electrons. The molecule has 0 saturated carbocycles. The molecule has 1 aromatic heterocycles. The molecule has 8 heteroatoms. The maximum Gasteiger partial charge on any atom is 0.407 e. The molecule has 8 nitrogen and oxygen atoms in total. The number of primary amides is 1. The van der Waals surface area contributed by atoms with E-state index in [1.165, 1.54) is 0 Å². The number of hydrogen-bond donors (Lipinski definition) is 3. The van der Waals surface area contributed by atoms with Crippen molar-refractivity contribution >= 4 is 28.8 Å². The maximum absolute atomic E-state index is 12.5. The second-order valence-electron chi connectivity index (χ2n) is 6.97. The van der Waals surface area contributed by atoms with Gasteiger partial charge in [-0.3, -0.25) is 14.6 Å². The Labute approximate surface area is 179 Å². The van der Waals surface area contributed by atoms with E-state index in [0.717, 1.165) is 16.5 Å². The Hall–Kier alpha value is -3.94. The lowest BCUT2D eigenvalue weighted by molar-refractivity contribution is -0.120. The minimum atomic E-state index is -0.848. The summed E-state index contributed by atoms with van der Waals surface area (Å²) in [6.45, 7) is 0.461. The van der Waals surface area contributed by atoms with E-state index in [1.54, 1.807) is 30.5 Å². The molecule has 0 bridgehead atoms. The van der Waals surface area contributed by atoms with Crippen molar-refractivity contribution in [3.63, 3.8) is 0 Å². The number of amides is 3. The minimum Gasteiger partial charge on any atom is -0.445 e. The van der Waals surface area contributed by atoms with Gasteiger partial charge in [-0.1, -0.05) is 36.4 Å². The van der Waals surface area contributed by atoms with Crippen molar-refractivity contribution in [3.05, 3.63) is 78.0 Å². The molecule has 3 aromatic rings. The second-order valence-corrected chi connectivity index (χ2v) is 6.97. The van der Waals surface area contributed by atoms with E-state index in [-0.39, 0.29) is 19.6 Å². The number of ether oxygens (including phenoxy) is 1. The van der Waals surface area contributed by atoms with Gasteiger partial charge < -0.3 is 21.1 Å². The Kier molecular flexibility index (Phi) is 7.53. The number of aromatic nitrogens is 1. The minimum absolute atomic E-state index is 0.175. The molecule has 0 aliphatic carbocycles. The summed E-state index contributed by atoms with van der Waals surface area (Å²) < 4.78 is 5.12. The third-order valence-electron chi connectivity index (χ3n) is 4.67. The van der Waals surface area contributed by atoms with E-state index >= 15 is 0 Å². The normalized spacial score (nSPS) is 11.5. The van der Waals surface area contributed by atoms with Gasteiger partial charge in [-0.05, 0) is 42.7 Å². The van der Waals surface area contributed by atoms with Crippen molar-refractivity contribution in [2.24, 2.45) is 5.73 Å². The first-order valence-electron chi connectivity index (χ1n) is 9.92. The van der Waals surface area contributed by atoms with E-state index in [1.807, 2.05) is 36.4 Å². The van der Waals surface area contributed by atoms with Gasteiger partial charge in [-0.25, -0.2) is 4.79 Å². The highest BCUT2D eigenvalue weighted by molar-refractivity contribution is 6.00. The number of fused-ring (bicyclic) bond motifs is 1. The molecule has 4 N–H and O–H groups in total. The zero-order chi connectivity index (χ0) is 22.1. The molecule has 0 spiro atoms. The zero-order valence-electron chi connectivity index (χ0n) is 16.9. The molecule has 3 rings (SSSR count). The van der Waals surface area contributed by atoms with Crippen LogP contribution in [0.4, 0.5) is 4.79 Å². The Balaban J connectivity index is 1.44. The molecule has 31 heavy (non-hydrogen) atoms. The third kappa shape index (κ3) is 6.53. The average Bonchev–Trinajstić information content (AvgIpc) is 2.79. The van der Waals surface area contributed by atoms with E-state index < -0.39 is 23.9 Å². The number of rotatable bonds is 9. The van der Waals surface area contributed by atoms with Crippen LogP contribution in [0.15, 0.2) is 66.9 Å². The number of alkyl carbamates (subject to hydrolysis) is 1. The van der Waals surface area contributed by atoms with E-state index in [0.29, 0.717) is 12.0 Å². The number of hydrogen-bond acceptors (Lipinski definition) is 5. The zero-order valence-corrected chi connectivity index (χ0v) is 16.9. The summed E-state index contributed by atoms with van der Waals surface area (Å²) in [5.74, 6) is -1.03. The number of pyridine rings is 1. The summed E-state index contributed by atoms with van der Waals surface area (Å²) in [7, 11) is 0. The van der Waals surface area contributed by atoms with Crippen molar-refractivity contribution in [3.8, 4) is 0 Å². The lowest BCUT2D eigenvalue weighted by atomic mass is 10.1. The van der Waals surface area contributed by atoms with Gasteiger partial charge in [0.25, 0.3) is 5.91 Å². The number of carbonyl (C=O) groups excluding carboxylic acids is 3. The molecule has 1 heterocycles. The van der Waals surface area contributed by atoms with Gasteiger partial charge >= 0.3 is 6.09 Å². The van der Waals surface area contributed by atoms with Crippen LogP contribution in [0.2, 0.25) is 0 Å². The molecule has 0 saturated heterocycles. The van der Waals surface area contributed by atoms with E-state index in [9.17, 15) is 14.4 Å². The number of nitrogens with two attached hydrogens (primary N) is 1. The predicted molar refractivity (Wildman–Crippen MR) is 116 cm³/mol. The molecule has 0 aliphatic heterocycles.